The van der Waals surface area contributed by atoms with Crippen LogP contribution in [0.25, 0.3) is 5.69 Å². The van der Waals surface area contributed by atoms with Gasteiger partial charge in [0, 0.05) is 31.3 Å². The maximum Gasteiger partial charge on any atom is 0.408 e. The summed E-state index contributed by atoms with van der Waals surface area (Å²) < 4.78 is 13.5. The molecule has 1 saturated carbocycles. The van der Waals surface area contributed by atoms with Gasteiger partial charge >= 0.3 is 12.1 Å². The first-order valence-corrected chi connectivity index (χ1v) is 15.5. The van der Waals surface area contributed by atoms with E-state index in [4.69, 9.17) is 9.47 Å². The van der Waals surface area contributed by atoms with Gasteiger partial charge < -0.3 is 30.1 Å². The number of nitrogens with one attached hydrogen (secondary N) is 2. The Morgan fingerprint density at radius 3 is 2.63 bits per heavy atom. The van der Waals surface area contributed by atoms with Crippen molar-refractivity contribution in [1.29, 1.82) is 0 Å². The van der Waals surface area contributed by atoms with Crippen LogP contribution in [0.2, 0.25) is 0 Å². The normalized spacial score (nSPS) is 27.0. The Balaban J connectivity index is 1.51. The second-order valence-corrected chi connectivity index (χ2v) is 13.0. The molecule has 2 aromatic heterocycles. The minimum atomic E-state index is -1.49. The van der Waals surface area contributed by atoms with Crippen LogP contribution in [0.4, 0.5) is 4.79 Å². The molecule has 1 aliphatic carbocycles. The minimum absolute atomic E-state index is 0.0183. The predicted octanol–water partition coefficient (Wildman–Crippen LogP) is 1.95. The van der Waals surface area contributed by atoms with Gasteiger partial charge in [-0.3, -0.25) is 19.0 Å². The summed E-state index contributed by atoms with van der Waals surface area (Å²) in [7, 11) is 1.41. The fourth-order valence-corrected chi connectivity index (χ4v) is 6.19. The number of hydrogen-bond donors (Lipinski definition) is 3. The third-order valence-electron chi connectivity index (χ3n) is 8.60. The molecule has 15 nitrogen and oxygen atoms in total. The van der Waals surface area contributed by atoms with Crippen molar-refractivity contribution in [3.63, 3.8) is 0 Å². The molecular weight excluding hydrogens is 598 g/mol. The van der Waals surface area contributed by atoms with E-state index in [9.17, 15) is 29.1 Å². The summed E-state index contributed by atoms with van der Waals surface area (Å²) in [6.07, 6.45) is 12.3. The number of allylic oxidation sites excluding steroid dienone is 1. The molecule has 3 aliphatic rings. The molecule has 5 atom stereocenters. The molecule has 3 amide bonds. The van der Waals surface area contributed by atoms with Gasteiger partial charge in [0.15, 0.2) is 11.4 Å². The molecular formula is C31H41N7O8. The van der Waals surface area contributed by atoms with E-state index >= 15 is 0 Å². The number of rotatable bonds is 5. The number of carbonyl (C=O) groups excluding carboxylic acids is 3. The van der Waals surface area contributed by atoms with Gasteiger partial charge in [0.1, 0.15) is 23.2 Å². The van der Waals surface area contributed by atoms with Crippen molar-refractivity contribution in [3.05, 3.63) is 47.4 Å². The van der Waals surface area contributed by atoms with Gasteiger partial charge in [-0.25, -0.2) is 19.3 Å². The third kappa shape index (κ3) is 6.77. The lowest BCUT2D eigenvalue weighted by atomic mass is 10.0. The van der Waals surface area contributed by atoms with Crippen LogP contribution < -0.4 is 20.9 Å². The molecule has 2 aliphatic heterocycles. The first-order valence-electron chi connectivity index (χ1n) is 15.5. The van der Waals surface area contributed by atoms with E-state index in [1.807, 2.05) is 12.2 Å². The molecule has 4 heterocycles. The van der Waals surface area contributed by atoms with Gasteiger partial charge in [-0.15, -0.1) is 0 Å². The third-order valence-corrected chi connectivity index (χ3v) is 8.60. The van der Waals surface area contributed by atoms with Crippen molar-refractivity contribution in [1.82, 2.24) is 34.9 Å². The second-order valence-electron chi connectivity index (χ2n) is 13.0. The highest BCUT2D eigenvalue weighted by atomic mass is 16.6. The van der Waals surface area contributed by atoms with E-state index in [1.54, 1.807) is 27.0 Å². The Kier molecular flexibility index (Phi) is 9.22. The van der Waals surface area contributed by atoms with E-state index in [2.05, 4.69) is 20.7 Å². The molecule has 0 spiro atoms. The lowest BCUT2D eigenvalue weighted by molar-refractivity contribution is -0.145. The largest absolute Gasteiger partial charge is 0.493 e. The molecule has 0 bridgehead atoms. The van der Waals surface area contributed by atoms with Crippen molar-refractivity contribution < 1.29 is 33.8 Å². The molecule has 15 heteroatoms. The highest BCUT2D eigenvalue weighted by Crippen LogP contribution is 2.45. The maximum absolute atomic E-state index is 14.2. The number of carboxylic acids is 1. The number of aromatic nitrogens is 4. The topological polar surface area (TPSA) is 187 Å². The number of imidazole rings is 1. The number of nitrogens with zero attached hydrogens (tertiary/aromatic N) is 5. The number of fused-ring (bicyclic) bond motifs is 2. The maximum atomic E-state index is 14.2. The van der Waals surface area contributed by atoms with Gasteiger partial charge in [0.25, 0.3) is 5.56 Å². The van der Waals surface area contributed by atoms with Gasteiger partial charge in [-0.05, 0) is 46.5 Å². The summed E-state index contributed by atoms with van der Waals surface area (Å²) in [5.74, 6) is -2.52. The van der Waals surface area contributed by atoms with Crippen molar-refractivity contribution in [3.8, 4) is 11.4 Å². The summed E-state index contributed by atoms with van der Waals surface area (Å²) in [5.41, 5.74) is -2.67. The molecule has 0 radical (unpaired) electrons. The lowest BCUT2D eigenvalue weighted by Crippen LogP contribution is -2.56. The quantitative estimate of drug-likeness (QED) is 0.408. The zero-order valence-electron chi connectivity index (χ0n) is 26.5. The molecule has 3 N–H and O–H groups in total. The smallest absolute Gasteiger partial charge is 0.408 e. The van der Waals surface area contributed by atoms with Crippen LogP contribution in [0.15, 0.2) is 41.9 Å². The van der Waals surface area contributed by atoms with Crippen LogP contribution in [0, 0.1) is 5.92 Å². The molecule has 0 aromatic carbocycles. The summed E-state index contributed by atoms with van der Waals surface area (Å²) in [4.78, 5) is 72.5. The van der Waals surface area contributed by atoms with Crippen LogP contribution >= 0.6 is 0 Å². The highest BCUT2D eigenvalue weighted by molar-refractivity contribution is 5.96. The number of amides is 3. The number of aliphatic carboxylic acids is 1. The average molecular weight is 640 g/mol. The van der Waals surface area contributed by atoms with E-state index in [-0.39, 0.29) is 36.7 Å². The fourth-order valence-electron chi connectivity index (χ4n) is 6.19. The fraction of sp³-hybridized carbons (Fsp3) is 0.581. The van der Waals surface area contributed by atoms with Gasteiger partial charge in [-0.1, -0.05) is 25.0 Å². The Morgan fingerprint density at radius 2 is 1.96 bits per heavy atom. The number of alkyl carbamates (subject to hydrolysis) is 1. The van der Waals surface area contributed by atoms with Crippen LogP contribution in [-0.2, 0) is 19.1 Å². The molecule has 1 saturated heterocycles. The van der Waals surface area contributed by atoms with Crippen molar-refractivity contribution in [2.24, 2.45) is 5.92 Å². The molecule has 0 unspecified atom stereocenters. The summed E-state index contributed by atoms with van der Waals surface area (Å²) in [6, 6.07) is -2.91. The summed E-state index contributed by atoms with van der Waals surface area (Å²) in [6.45, 7) is 5.05. The zero-order valence-corrected chi connectivity index (χ0v) is 26.5. The van der Waals surface area contributed by atoms with E-state index < -0.39 is 58.7 Å². The zero-order chi connectivity index (χ0) is 33.2. The molecule has 248 valence electrons. The van der Waals surface area contributed by atoms with E-state index in [1.165, 1.54) is 40.0 Å². The van der Waals surface area contributed by atoms with Crippen LogP contribution in [0.5, 0.6) is 5.75 Å². The number of hydrogen-bond acceptors (Lipinski definition) is 9. The Labute approximate surface area is 265 Å². The van der Waals surface area contributed by atoms with Crippen LogP contribution in [0.1, 0.15) is 71.8 Å². The van der Waals surface area contributed by atoms with E-state index in [0.29, 0.717) is 12.8 Å². The number of carboxylic acid groups (broad SMARTS) is 1. The molecule has 46 heavy (non-hydrogen) atoms. The van der Waals surface area contributed by atoms with Gasteiger partial charge in [-0.2, -0.15) is 5.10 Å². The van der Waals surface area contributed by atoms with Gasteiger partial charge in [0.2, 0.25) is 11.8 Å². The molecule has 5 rings (SSSR count). The van der Waals surface area contributed by atoms with Crippen molar-refractivity contribution in [2.75, 3.05) is 13.7 Å². The van der Waals surface area contributed by atoms with Crippen molar-refractivity contribution >= 4 is 23.9 Å². The summed E-state index contributed by atoms with van der Waals surface area (Å²) in [5, 5.41) is 19.8. The van der Waals surface area contributed by atoms with Crippen LogP contribution in [0.3, 0.4) is 0 Å². The number of carbonyl (C=O) groups is 4. The Bertz CT molecular complexity index is 1560. The SMILES string of the molecule is COc1cnn([C@@H]2C[C@H]3C(=O)N[C@]4(C(=O)O)C[C@H]4C=CCCCCC[C@H](NC(=O)OC(C)(C)C)C(=O)N3C2)c(=O)c1-n1ccnc1. The standard InChI is InChI=1S/C31H41N7O8/c1-30(2,3)46-29(44)34-21-11-9-7-5-6-8-10-19-15-31(19,28(42)43)35-25(39)22-14-20(17-37(22)26(21)40)38-27(41)24(23(45-4)16-33-38)36-13-12-32-18-36/h8,10,12-13,16,18-22H,5-7,9,11,14-15,17H2,1-4H3,(H,34,44)(H,35,39)(H,42,43)/t19-,20-,21+,22+,31-/m1/s1. The Morgan fingerprint density at radius 1 is 1.17 bits per heavy atom. The first kappa shape index (κ1) is 32.7. The molecule has 2 fully saturated rings. The van der Waals surface area contributed by atoms with Crippen LogP contribution in [-0.4, -0.2) is 90.1 Å². The molecule has 2 aromatic rings. The Hall–Kier alpha value is -4.69. The lowest BCUT2D eigenvalue weighted by Gasteiger charge is -2.30. The minimum Gasteiger partial charge on any atom is -0.493 e. The first-order chi connectivity index (χ1) is 21.8. The predicted molar refractivity (Wildman–Crippen MR) is 163 cm³/mol. The number of methoxy groups -OCH3 is 1. The average Bonchev–Trinajstić information content (AvgIpc) is 3.30. The van der Waals surface area contributed by atoms with E-state index in [0.717, 1.165) is 19.3 Å². The van der Waals surface area contributed by atoms with Gasteiger partial charge in [0.05, 0.1) is 25.7 Å². The highest BCUT2D eigenvalue weighted by Gasteiger charge is 2.61. The van der Waals surface area contributed by atoms with Crippen molar-refractivity contribution in [2.45, 2.75) is 95.0 Å². The number of ether oxygens (including phenoxy) is 2. The summed E-state index contributed by atoms with van der Waals surface area (Å²) >= 11 is 0. The monoisotopic (exact) mass is 639 g/mol. The second kappa shape index (κ2) is 13.0.